The zero-order chi connectivity index (χ0) is 11.0. The molecule has 1 aliphatic rings. The molecule has 0 saturated heterocycles. The van der Waals surface area contributed by atoms with Crippen molar-refractivity contribution in [2.24, 2.45) is 0 Å². The van der Waals surface area contributed by atoms with E-state index in [-0.39, 0.29) is 0 Å². The van der Waals surface area contributed by atoms with Gasteiger partial charge in [-0.05, 0) is 26.7 Å². The molecule has 4 heteroatoms. The molecular formula is C10H16O3S. The smallest absolute Gasteiger partial charge is 0.274 e. The van der Waals surface area contributed by atoms with Crippen molar-refractivity contribution < 1.29 is 13.0 Å². The molecule has 1 rings (SSSR count). The maximum absolute atomic E-state index is 11.3. The first-order valence-electron chi connectivity index (χ1n) is 4.65. The number of rotatable bonds is 2. The second kappa shape index (κ2) is 3.51. The molecular weight excluding hydrogens is 200 g/mol. The van der Waals surface area contributed by atoms with Crippen LogP contribution in [0.2, 0.25) is 0 Å². The predicted molar refractivity (Wildman–Crippen MR) is 56.7 cm³/mol. The SMILES string of the molecule is CCC1(S(=O)(=O)O)C=CC(C)=C(C)C1. The van der Waals surface area contributed by atoms with Crippen LogP contribution < -0.4 is 0 Å². The van der Waals surface area contributed by atoms with Crippen LogP contribution in [0.25, 0.3) is 0 Å². The van der Waals surface area contributed by atoms with Gasteiger partial charge in [-0.1, -0.05) is 30.2 Å². The monoisotopic (exact) mass is 216 g/mol. The molecule has 0 amide bonds. The summed E-state index contributed by atoms with van der Waals surface area (Å²) in [6.45, 7) is 5.61. The second-order valence-corrected chi connectivity index (χ2v) is 5.63. The molecule has 14 heavy (non-hydrogen) atoms. The minimum atomic E-state index is -4.01. The molecule has 0 saturated carbocycles. The summed E-state index contributed by atoms with van der Waals surface area (Å²) in [7, 11) is -4.01. The van der Waals surface area contributed by atoms with Gasteiger partial charge >= 0.3 is 0 Å². The molecule has 0 radical (unpaired) electrons. The summed E-state index contributed by atoms with van der Waals surface area (Å²) in [5.74, 6) is 0. The van der Waals surface area contributed by atoms with Gasteiger partial charge in [-0.3, -0.25) is 4.55 Å². The van der Waals surface area contributed by atoms with Crippen molar-refractivity contribution in [1.29, 1.82) is 0 Å². The van der Waals surface area contributed by atoms with Gasteiger partial charge in [-0.25, -0.2) is 0 Å². The van der Waals surface area contributed by atoms with Crippen LogP contribution in [0, 0.1) is 0 Å². The summed E-state index contributed by atoms with van der Waals surface area (Å²) in [6.07, 6.45) is 4.17. The van der Waals surface area contributed by atoms with Crippen molar-refractivity contribution in [3.63, 3.8) is 0 Å². The molecule has 3 nitrogen and oxygen atoms in total. The Kier molecular flexibility index (Phi) is 2.88. The Morgan fingerprint density at radius 1 is 1.50 bits per heavy atom. The van der Waals surface area contributed by atoms with E-state index in [4.69, 9.17) is 0 Å². The minimum Gasteiger partial charge on any atom is -0.285 e. The van der Waals surface area contributed by atoms with Crippen molar-refractivity contribution in [3.05, 3.63) is 23.3 Å². The molecule has 0 aromatic heterocycles. The summed E-state index contributed by atoms with van der Waals surface area (Å²) in [5, 5.41) is 0. The first-order valence-corrected chi connectivity index (χ1v) is 6.09. The van der Waals surface area contributed by atoms with Gasteiger partial charge in [0.2, 0.25) is 0 Å². The average Bonchev–Trinajstić information content (AvgIpc) is 2.08. The Hall–Kier alpha value is -0.610. The Morgan fingerprint density at radius 3 is 2.43 bits per heavy atom. The van der Waals surface area contributed by atoms with Crippen LogP contribution >= 0.6 is 0 Å². The zero-order valence-corrected chi connectivity index (χ0v) is 9.56. The molecule has 1 atom stereocenters. The molecule has 0 aromatic rings. The molecule has 0 bridgehead atoms. The molecule has 1 unspecified atom stereocenters. The van der Waals surface area contributed by atoms with Gasteiger partial charge in [0.25, 0.3) is 10.1 Å². The van der Waals surface area contributed by atoms with E-state index in [0.717, 1.165) is 11.1 Å². The van der Waals surface area contributed by atoms with E-state index in [1.807, 2.05) is 13.8 Å². The lowest BCUT2D eigenvalue weighted by Gasteiger charge is -2.29. The summed E-state index contributed by atoms with van der Waals surface area (Å²) >= 11 is 0. The number of hydrogen-bond donors (Lipinski definition) is 1. The lowest BCUT2D eigenvalue weighted by atomic mass is 9.88. The predicted octanol–water partition coefficient (Wildman–Crippen LogP) is 2.32. The van der Waals surface area contributed by atoms with Gasteiger partial charge in [0.1, 0.15) is 4.75 Å². The van der Waals surface area contributed by atoms with Gasteiger partial charge in [0.05, 0.1) is 0 Å². The van der Waals surface area contributed by atoms with E-state index in [0.29, 0.717) is 12.8 Å². The molecule has 0 aromatic carbocycles. The quantitative estimate of drug-likeness (QED) is 0.721. The van der Waals surface area contributed by atoms with Gasteiger partial charge in [-0.15, -0.1) is 0 Å². The highest BCUT2D eigenvalue weighted by molar-refractivity contribution is 7.87. The summed E-state index contributed by atoms with van der Waals surface area (Å²) < 4.78 is 30.6. The first-order chi connectivity index (χ1) is 6.32. The topological polar surface area (TPSA) is 54.4 Å². The normalized spacial score (nSPS) is 28.3. The standard InChI is InChI=1S/C10H16O3S/c1-4-10(14(11,12)13)6-5-8(2)9(3)7-10/h5-6H,4,7H2,1-3H3,(H,11,12,13). The second-order valence-electron chi connectivity index (χ2n) is 3.87. The average molecular weight is 216 g/mol. The molecule has 0 aliphatic heterocycles. The Bertz CT molecular complexity index is 390. The van der Waals surface area contributed by atoms with Crippen molar-refractivity contribution in [3.8, 4) is 0 Å². The van der Waals surface area contributed by atoms with E-state index in [2.05, 4.69) is 0 Å². The fraction of sp³-hybridized carbons (Fsp3) is 0.600. The van der Waals surface area contributed by atoms with Crippen LogP contribution in [0.5, 0.6) is 0 Å². The Balaban J connectivity index is 3.18. The van der Waals surface area contributed by atoms with Crippen molar-refractivity contribution in [2.45, 2.75) is 38.4 Å². The molecule has 0 spiro atoms. The van der Waals surface area contributed by atoms with Crippen LogP contribution in [0.1, 0.15) is 33.6 Å². The highest BCUT2D eigenvalue weighted by Gasteiger charge is 2.40. The van der Waals surface area contributed by atoms with E-state index in [1.54, 1.807) is 19.1 Å². The van der Waals surface area contributed by atoms with E-state index in [1.165, 1.54) is 0 Å². The van der Waals surface area contributed by atoms with Gasteiger partial charge in [-0.2, -0.15) is 8.42 Å². The van der Waals surface area contributed by atoms with E-state index >= 15 is 0 Å². The third kappa shape index (κ3) is 1.77. The minimum absolute atomic E-state index is 0.394. The molecule has 0 heterocycles. The lowest BCUT2D eigenvalue weighted by Crippen LogP contribution is -2.37. The third-order valence-electron chi connectivity index (χ3n) is 2.99. The Morgan fingerprint density at radius 2 is 2.07 bits per heavy atom. The molecule has 1 N–H and O–H groups in total. The van der Waals surface area contributed by atoms with Crippen LogP contribution in [0.4, 0.5) is 0 Å². The van der Waals surface area contributed by atoms with Gasteiger partial charge < -0.3 is 0 Å². The number of allylic oxidation sites excluding steroid dienone is 3. The summed E-state index contributed by atoms with van der Waals surface area (Å²) in [5.41, 5.74) is 2.10. The highest BCUT2D eigenvalue weighted by atomic mass is 32.2. The number of hydrogen-bond acceptors (Lipinski definition) is 2. The van der Waals surface area contributed by atoms with E-state index < -0.39 is 14.9 Å². The zero-order valence-electron chi connectivity index (χ0n) is 8.74. The van der Waals surface area contributed by atoms with Gasteiger partial charge in [0, 0.05) is 0 Å². The molecule has 0 fully saturated rings. The maximum atomic E-state index is 11.3. The van der Waals surface area contributed by atoms with Crippen LogP contribution in [0.15, 0.2) is 23.3 Å². The van der Waals surface area contributed by atoms with Crippen molar-refractivity contribution in [1.82, 2.24) is 0 Å². The highest BCUT2D eigenvalue weighted by Crippen LogP contribution is 2.35. The van der Waals surface area contributed by atoms with Crippen LogP contribution in [0.3, 0.4) is 0 Å². The largest absolute Gasteiger partial charge is 0.285 e. The first kappa shape index (κ1) is 11.5. The molecule has 1 aliphatic carbocycles. The summed E-state index contributed by atoms with van der Waals surface area (Å²) in [4.78, 5) is 0. The van der Waals surface area contributed by atoms with Crippen molar-refractivity contribution >= 4 is 10.1 Å². The van der Waals surface area contributed by atoms with Gasteiger partial charge in [0.15, 0.2) is 0 Å². The maximum Gasteiger partial charge on any atom is 0.274 e. The lowest BCUT2D eigenvalue weighted by molar-refractivity contribution is 0.437. The fourth-order valence-corrected chi connectivity index (χ4v) is 2.67. The van der Waals surface area contributed by atoms with Crippen LogP contribution in [-0.4, -0.2) is 17.7 Å². The Labute approximate surface area is 85.3 Å². The fourth-order valence-electron chi connectivity index (χ4n) is 1.67. The molecule has 80 valence electrons. The van der Waals surface area contributed by atoms with E-state index in [9.17, 15) is 13.0 Å². The van der Waals surface area contributed by atoms with Crippen molar-refractivity contribution in [2.75, 3.05) is 0 Å². The van der Waals surface area contributed by atoms with Crippen LogP contribution in [-0.2, 0) is 10.1 Å². The third-order valence-corrected chi connectivity index (χ3v) is 4.58. The summed E-state index contributed by atoms with van der Waals surface area (Å²) in [6, 6.07) is 0.